The number of hydrogen-bond acceptors (Lipinski definition) is 5. The lowest BCUT2D eigenvalue weighted by Crippen LogP contribution is -2.54. The molecule has 0 atom stereocenters. The van der Waals surface area contributed by atoms with Gasteiger partial charge >= 0.3 is 6.03 Å². The van der Waals surface area contributed by atoms with Gasteiger partial charge in [-0.1, -0.05) is 48.7 Å². The van der Waals surface area contributed by atoms with Crippen LogP contribution in [-0.4, -0.2) is 24.5 Å². The fraction of sp³-hybridized carbons (Fsp3) is 0.179. The number of rotatable bonds is 9. The van der Waals surface area contributed by atoms with Crippen molar-refractivity contribution in [3.8, 4) is 11.5 Å². The number of barbiturate groups is 1. The summed E-state index contributed by atoms with van der Waals surface area (Å²) in [5, 5.41) is 3.26. The smallest absolute Gasteiger partial charge is 0.335 e. The second-order valence-corrected chi connectivity index (χ2v) is 10.1. The molecule has 10 heteroatoms. The van der Waals surface area contributed by atoms with Gasteiger partial charge in [0, 0.05) is 15.6 Å². The lowest BCUT2D eigenvalue weighted by Gasteiger charge is -2.26. The fourth-order valence-electron chi connectivity index (χ4n) is 3.60. The quantitative estimate of drug-likeness (QED) is 0.156. The highest BCUT2D eigenvalue weighted by molar-refractivity contribution is 9.10. The monoisotopic (exact) mass is 616 g/mol. The van der Waals surface area contributed by atoms with Crippen LogP contribution in [0.25, 0.3) is 6.08 Å². The molecule has 0 radical (unpaired) electrons. The van der Waals surface area contributed by atoms with Crippen LogP contribution in [0.4, 0.5) is 10.5 Å². The molecule has 4 amide bonds. The topological polar surface area (TPSA) is 84.9 Å². The number of amides is 4. The molecule has 0 saturated carbocycles. The molecule has 1 heterocycles. The highest BCUT2D eigenvalue weighted by Crippen LogP contribution is 2.30. The minimum Gasteiger partial charge on any atom is -0.494 e. The lowest BCUT2D eigenvalue weighted by molar-refractivity contribution is -0.122. The normalized spacial score (nSPS) is 14.6. The third kappa shape index (κ3) is 6.56. The van der Waals surface area contributed by atoms with Crippen molar-refractivity contribution in [2.75, 3.05) is 11.5 Å². The van der Waals surface area contributed by atoms with Crippen molar-refractivity contribution < 1.29 is 23.9 Å². The van der Waals surface area contributed by atoms with Crippen molar-refractivity contribution in [1.82, 2.24) is 5.32 Å². The van der Waals surface area contributed by atoms with Crippen LogP contribution in [-0.2, 0) is 16.2 Å². The van der Waals surface area contributed by atoms with Crippen molar-refractivity contribution >= 4 is 68.7 Å². The van der Waals surface area contributed by atoms with Gasteiger partial charge < -0.3 is 9.47 Å². The van der Waals surface area contributed by atoms with Crippen LogP contribution in [0, 0.1) is 0 Å². The summed E-state index contributed by atoms with van der Waals surface area (Å²) >= 11 is 15.6. The van der Waals surface area contributed by atoms with Gasteiger partial charge in [0.15, 0.2) is 0 Å². The first kappa shape index (κ1) is 27.7. The fourth-order valence-corrected chi connectivity index (χ4v) is 4.58. The zero-order valence-corrected chi connectivity index (χ0v) is 23.4. The van der Waals surface area contributed by atoms with Crippen molar-refractivity contribution in [2.24, 2.45) is 0 Å². The van der Waals surface area contributed by atoms with Crippen LogP contribution >= 0.6 is 39.1 Å². The third-order valence-corrected chi connectivity index (χ3v) is 6.84. The molecule has 3 aromatic carbocycles. The molecule has 1 aliphatic rings. The Kier molecular flexibility index (Phi) is 9.09. The molecule has 1 N–H and O–H groups in total. The van der Waals surface area contributed by atoms with E-state index in [2.05, 4.69) is 28.2 Å². The summed E-state index contributed by atoms with van der Waals surface area (Å²) < 4.78 is 12.1. The third-order valence-electron chi connectivity index (χ3n) is 5.63. The number of halogens is 3. The molecule has 7 nitrogen and oxygen atoms in total. The Labute approximate surface area is 238 Å². The predicted octanol–water partition coefficient (Wildman–Crippen LogP) is 7.18. The molecule has 3 aromatic rings. The maximum atomic E-state index is 13.2. The number of nitrogens with zero attached hydrogens (tertiary/aromatic N) is 1. The highest BCUT2D eigenvalue weighted by Gasteiger charge is 2.36. The van der Waals surface area contributed by atoms with Gasteiger partial charge in [0.1, 0.15) is 23.7 Å². The first-order valence-electron chi connectivity index (χ1n) is 11.8. The second kappa shape index (κ2) is 12.5. The number of hydrogen-bond donors (Lipinski definition) is 1. The summed E-state index contributed by atoms with van der Waals surface area (Å²) in [7, 11) is 0. The minimum atomic E-state index is -0.817. The maximum absolute atomic E-state index is 13.2. The highest BCUT2D eigenvalue weighted by atomic mass is 79.9. The van der Waals surface area contributed by atoms with Crippen LogP contribution in [0.2, 0.25) is 10.0 Å². The van der Waals surface area contributed by atoms with Gasteiger partial charge in [-0.3, -0.25) is 14.9 Å². The number of anilines is 1. The molecule has 1 aliphatic heterocycles. The van der Waals surface area contributed by atoms with E-state index in [-0.39, 0.29) is 12.2 Å². The molecule has 4 rings (SSSR count). The van der Waals surface area contributed by atoms with E-state index in [1.807, 2.05) is 0 Å². The summed E-state index contributed by atoms with van der Waals surface area (Å²) in [4.78, 5) is 39.2. The number of benzene rings is 3. The Morgan fingerprint density at radius 1 is 0.974 bits per heavy atom. The van der Waals surface area contributed by atoms with E-state index < -0.39 is 17.8 Å². The molecule has 0 unspecified atom stereocenters. The molecule has 0 aliphatic carbocycles. The van der Waals surface area contributed by atoms with Crippen molar-refractivity contribution in [2.45, 2.75) is 26.4 Å². The average Bonchev–Trinajstić information content (AvgIpc) is 2.88. The van der Waals surface area contributed by atoms with Crippen molar-refractivity contribution in [1.29, 1.82) is 0 Å². The van der Waals surface area contributed by atoms with Gasteiger partial charge in [-0.25, -0.2) is 9.69 Å². The molecule has 196 valence electrons. The first-order chi connectivity index (χ1) is 18.3. The SMILES string of the molecule is CCCCOc1ccc(N2C(=O)NC(=O)/C(=C/c3ccc(OCc4ccc(Cl)cc4Cl)c(Br)c3)C2=O)cc1. The van der Waals surface area contributed by atoms with Gasteiger partial charge in [-0.05, 0) is 82.5 Å². The number of imide groups is 2. The molecule has 38 heavy (non-hydrogen) atoms. The van der Waals surface area contributed by atoms with Gasteiger partial charge in [0.2, 0.25) is 0 Å². The van der Waals surface area contributed by atoms with Gasteiger partial charge in [0.05, 0.1) is 16.8 Å². The van der Waals surface area contributed by atoms with E-state index in [0.29, 0.717) is 43.9 Å². The maximum Gasteiger partial charge on any atom is 0.335 e. The number of ether oxygens (including phenoxy) is 2. The number of carbonyl (C=O) groups excluding carboxylic acids is 3. The average molecular weight is 618 g/mol. The molecule has 1 fully saturated rings. The van der Waals surface area contributed by atoms with Gasteiger partial charge in [-0.2, -0.15) is 0 Å². The van der Waals surface area contributed by atoms with Crippen molar-refractivity contribution in [3.63, 3.8) is 0 Å². The van der Waals surface area contributed by atoms with Gasteiger partial charge in [-0.15, -0.1) is 0 Å². The Hall–Kier alpha value is -3.33. The Balaban J connectivity index is 1.50. The molecule has 0 bridgehead atoms. The number of nitrogens with one attached hydrogen (secondary N) is 1. The van der Waals surface area contributed by atoms with E-state index in [4.69, 9.17) is 32.7 Å². The molecular formula is C28H23BrCl2N2O5. The Morgan fingerprint density at radius 3 is 2.42 bits per heavy atom. The number of carbonyl (C=O) groups is 3. The first-order valence-corrected chi connectivity index (χ1v) is 13.3. The minimum absolute atomic E-state index is 0.179. The predicted molar refractivity (Wildman–Crippen MR) is 151 cm³/mol. The lowest BCUT2D eigenvalue weighted by atomic mass is 10.1. The van der Waals surface area contributed by atoms with Crippen LogP contribution in [0.3, 0.4) is 0 Å². The van der Waals surface area contributed by atoms with Crippen LogP contribution in [0.5, 0.6) is 11.5 Å². The summed E-state index contributed by atoms with van der Waals surface area (Å²) in [5.74, 6) is -0.336. The molecule has 1 saturated heterocycles. The largest absolute Gasteiger partial charge is 0.494 e. The molecule has 0 aromatic heterocycles. The second-order valence-electron chi connectivity index (χ2n) is 8.37. The standard InChI is InChI=1S/C28H23BrCl2N2O5/c1-2-3-12-37-21-9-7-20(8-10-21)33-27(35)22(26(34)32-28(33)36)13-17-4-11-25(23(29)14-17)38-16-18-5-6-19(30)15-24(18)31/h4-11,13-15H,2-3,12,16H2,1H3,(H,32,34,36)/b22-13-. The zero-order valence-electron chi connectivity index (χ0n) is 20.3. The molecular weight excluding hydrogens is 595 g/mol. The Morgan fingerprint density at radius 2 is 1.74 bits per heavy atom. The van der Waals surface area contributed by atoms with E-state index in [1.54, 1.807) is 60.7 Å². The summed E-state index contributed by atoms with van der Waals surface area (Å²) in [6, 6.07) is 16.0. The number of unbranched alkanes of at least 4 members (excludes halogenated alkanes) is 1. The van der Waals surface area contributed by atoms with Crippen LogP contribution < -0.4 is 19.7 Å². The van der Waals surface area contributed by atoms with Gasteiger partial charge in [0.25, 0.3) is 11.8 Å². The van der Waals surface area contributed by atoms with Crippen LogP contribution in [0.1, 0.15) is 30.9 Å². The van der Waals surface area contributed by atoms with Crippen molar-refractivity contribution in [3.05, 3.63) is 91.9 Å². The summed E-state index contributed by atoms with van der Waals surface area (Å²) in [5.41, 5.74) is 1.46. The Bertz CT molecular complexity index is 1410. The number of urea groups is 1. The zero-order chi connectivity index (χ0) is 27.2. The van der Waals surface area contributed by atoms with E-state index in [1.165, 1.54) is 6.08 Å². The summed E-state index contributed by atoms with van der Waals surface area (Å²) in [6.45, 7) is 2.86. The van der Waals surface area contributed by atoms with Crippen LogP contribution in [0.15, 0.2) is 70.7 Å². The summed E-state index contributed by atoms with van der Waals surface area (Å²) in [6.07, 6.45) is 3.35. The van der Waals surface area contributed by atoms with E-state index >= 15 is 0 Å². The van der Waals surface area contributed by atoms with E-state index in [9.17, 15) is 14.4 Å². The molecule has 0 spiro atoms. The van der Waals surface area contributed by atoms with E-state index in [0.717, 1.165) is 23.3 Å².